The molecule has 0 aromatic carbocycles. The monoisotopic (exact) mass is 284 g/mol. The van der Waals surface area contributed by atoms with Crippen molar-refractivity contribution in [1.29, 1.82) is 0 Å². The van der Waals surface area contributed by atoms with Gasteiger partial charge < -0.3 is 4.57 Å². The number of hydrogen-bond acceptors (Lipinski definition) is 2. The van der Waals surface area contributed by atoms with Gasteiger partial charge in [0.05, 0.1) is 0 Å². The van der Waals surface area contributed by atoms with Gasteiger partial charge in [0, 0.05) is 40.4 Å². The molecule has 2 aromatic rings. The second kappa shape index (κ2) is 5.14. The summed E-state index contributed by atoms with van der Waals surface area (Å²) in [5, 5.41) is 0. The first-order chi connectivity index (χ1) is 9.64. The van der Waals surface area contributed by atoms with Gasteiger partial charge in [0.25, 0.3) is 0 Å². The minimum atomic E-state index is -0.0353. The van der Waals surface area contributed by atoms with Crippen LogP contribution in [0.15, 0.2) is 18.5 Å². The molecule has 0 aliphatic carbocycles. The zero-order valence-electron chi connectivity index (χ0n) is 14.0. The van der Waals surface area contributed by atoms with E-state index in [1.54, 1.807) is 6.20 Å². The number of rotatable bonds is 2. The van der Waals surface area contributed by atoms with E-state index in [-0.39, 0.29) is 11.3 Å². The number of pyridine rings is 1. The molecule has 0 N–H and O–H groups in total. The zero-order valence-corrected chi connectivity index (χ0v) is 14.0. The fourth-order valence-corrected chi connectivity index (χ4v) is 2.80. The molecule has 3 heteroatoms. The molecule has 0 spiro atoms. The molecule has 21 heavy (non-hydrogen) atoms. The van der Waals surface area contributed by atoms with Crippen LogP contribution in [0.2, 0.25) is 0 Å². The fourth-order valence-electron chi connectivity index (χ4n) is 2.80. The SMILES string of the molecule is Cc1ccnc(C)c1C(=O)c1cn(C(C)(C)C)c(C)c1C. The van der Waals surface area contributed by atoms with E-state index in [2.05, 4.69) is 37.2 Å². The summed E-state index contributed by atoms with van der Waals surface area (Å²) >= 11 is 0. The van der Waals surface area contributed by atoms with Crippen LogP contribution < -0.4 is 0 Å². The van der Waals surface area contributed by atoms with Gasteiger partial charge in [-0.25, -0.2) is 0 Å². The topological polar surface area (TPSA) is 34.9 Å². The highest BCUT2D eigenvalue weighted by Gasteiger charge is 2.24. The van der Waals surface area contributed by atoms with E-state index in [4.69, 9.17) is 0 Å². The van der Waals surface area contributed by atoms with Crippen molar-refractivity contribution >= 4 is 5.78 Å². The van der Waals surface area contributed by atoms with E-state index < -0.39 is 0 Å². The average Bonchev–Trinajstić information content (AvgIpc) is 2.65. The highest BCUT2D eigenvalue weighted by molar-refractivity contribution is 6.11. The molecular weight excluding hydrogens is 260 g/mol. The summed E-state index contributed by atoms with van der Waals surface area (Å²) in [6.07, 6.45) is 3.73. The quantitative estimate of drug-likeness (QED) is 0.778. The van der Waals surface area contributed by atoms with Crippen molar-refractivity contribution in [3.63, 3.8) is 0 Å². The Bertz CT molecular complexity index is 682. The molecule has 0 saturated heterocycles. The second-order valence-electron chi connectivity index (χ2n) is 6.71. The fraction of sp³-hybridized carbons (Fsp3) is 0.444. The highest BCUT2D eigenvalue weighted by Crippen LogP contribution is 2.27. The summed E-state index contributed by atoms with van der Waals surface area (Å²) in [6.45, 7) is 14.4. The summed E-state index contributed by atoms with van der Waals surface area (Å²) in [5.41, 5.74) is 5.44. The molecule has 0 fully saturated rings. The van der Waals surface area contributed by atoms with Gasteiger partial charge in [-0.2, -0.15) is 0 Å². The number of hydrogen-bond donors (Lipinski definition) is 0. The molecule has 0 radical (unpaired) electrons. The second-order valence-corrected chi connectivity index (χ2v) is 6.71. The van der Waals surface area contributed by atoms with Crippen molar-refractivity contribution in [3.05, 3.63) is 52.1 Å². The van der Waals surface area contributed by atoms with Crippen LogP contribution in [0.1, 0.15) is 59.2 Å². The standard InChI is InChI=1S/C18H24N2O/c1-11-8-9-19-13(3)16(11)17(21)15-10-20(18(5,6)7)14(4)12(15)2/h8-10H,1-7H3. The van der Waals surface area contributed by atoms with Crippen LogP contribution in [0.25, 0.3) is 0 Å². The molecule has 0 aliphatic rings. The third-order valence-corrected chi connectivity index (χ3v) is 4.11. The van der Waals surface area contributed by atoms with E-state index in [0.29, 0.717) is 0 Å². The van der Waals surface area contributed by atoms with Crippen LogP contribution in [0.5, 0.6) is 0 Å². The van der Waals surface area contributed by atoms with Gasteiger partial charge in [0.1, 0.15) is 0 Å². The van der Waals surface area contributed by atoms with Gasteiger partial charge in [-0.3, -0.25) is 9.78 Å². The smallest absolute Gasteiger partial charge is 0.196 e. The summed E-state index contributed by atoms with van der Waals surface area (Å²) in [7, 11) is 0. The zero-order chi connectivity index (χ0) is 15.9. The van der Waals surface area contributed by atoms with Crippen LogP contribution in [0, 0.1) is 27.7 Å². The van der Waals surface area contributed by atoms with E-state index >= 15 is 0 Å². The predicted octanol–water partition coefficient (Wildman–Crippen LogP) is 4.10. The predicted molar refractivity (Wildman–Crippen MR) is 86.0 cm³/mol. The van der Waals surface area contributed by atoms with Crippen LogP contribution in [-0.4, -0.2) is 15.3 Å². The van der Waals surface area contributed by atoms with Crippen molar-refractivity contribution in [1.82, 2.24) is 9.55 Å². The van der Waals surface area contributed by atoms with Crippen molar-refractivity contribution < 1.29 is 4.79 Å². The maximum atomic E-state index is 12.9. The maximum Gasteiger partial charge on any atom is 0.196 e. The number of carbonyl (C=O) groups excluding carboxylic acids is 1. The first kappa shape index (κ1) is 15.5. The first-order valence-electron chi connectivity index (χ1n) is 7.30. The minimum absolute atomic E-state index is 0.0353. The highest BCUT2D eigenvalue weighted by atomic mass is 16.1. The lowest BCUT2D eigenvalue weighted by Gasteiger charge is -2.23. The van der Waals surface area contributed by atoms with E-state index in [1.807, 2.05) is 33.0 Å². The van der Waals surface area contributed by atoms with Gasteiger partial charge in [-0.15, -0.1) is 0 Å². The molecule has 2 rings (SSSR count). The molecular formula is C18H24N2O. The summed E-state index contributed by atoms with van der Waals surface area (Å²) in [4.78, 5) is 17.2. The summed E-state index contributed by atoms with van der Waals surface area (Å²) in [5.74, 6) is 0.0710. The van der Waals surface area contributed by atoms with Gasteiger partial charge in [0.15, 0.2) is 5.78 Å². The molecule has 0 bridgehead atoms. The Morgan fingerprint density at radius 1 is 1.14 bits per heavy atom. The third-order valence-electron chi connectivity index (χ3n) is 4.11. The molecule has 112 valence electrons. The van der Waals surface area contributed by atoms with Crippen LogP contribution in [-0.2, 0) is 5.54 Å². The number of carbonyl (C=O) groups is 1. The van der Waals surface area contributed by atoms with Crippen LogP contribution in [0.3, 0.4) is 0 Å². The lowest BCUT2D eigenvalue weighted by atomic mass is 9.97. The van der Waals surface area contributed by atoms with Crippen molar-refractivity contribution in [2.75, 3.05) is 0 Å². The summed E-state index contributed by atoms with van der Waals surface area (Å²) < 4.78 is 2.18. The van der Waals surface area contributed by atoms with E-state index in [9.17, 15) is 4.79 Å². The average molecular weight is 284 g/mol. The molecule has 0 amide bonds. The Labute approximate surface area is 127 Å². The van der Waals surface area contributed by atoms with Crippen LogP contribution >= 0.6 is 0 Å². The molecule has 2 heterocycles. The van der Waals surface area contributed by atoms with Gasteiger partial charge >= 0.3 is 0 Å². The molecule has 0 unspecified atom stereocenters. The normalized spacial score (nSPS) is 11.8. The van der Waals surface area contributed by atoms with E-state index in [0.717, 1.165) is 33.6 Å². The van der Waals surface area contributed by atoms with Gasteiger partial charge in [-0.1, -0.05) is 0 Å². The minimum Gasteiger partial charge on any atom is -0.346 e. The third kappa shape index (κ3) is 2.65. The Kier molecular flexibility index (Phi) is 3.79. The van der Waals surface area contributed by atoms with E-state index in [1.165, 1.54) is 0 Å². The largest absolute Gasteiger partial charge is 0.346 e. The number of nitrogens with zero attached hydrogens (tertiary/aromatic N) is 2. The Morgan fingerprint density at radius 3 is 2.24 bits per heavy atom. The molecule has 0 saturated carbocycles. The van der Waals surface area contributed by atoms with Crippen molar-refractivity contribution in [3.8, 4) is 0 Å². The van der Waals surface area contributed by atoms with Gasteiger partial charge in [-0.05, 0) is 65.7 Å². The Balaban J connectivity index is 2.61. The summed E-state index contributed by atoms with van der Waals surface area (Å²) in [6, 6.07) is 1.89. The number of aryl methyl sites for hydroxylation is 2. The first-order valence-corrected chi connectivity index (χ1v) is 7.30. The number of aromatic nitrogens is 2. The molecule has 0 atom stereocenters. The van der Waals surface area contributed by atoms with Crippen molar-refractivity contribution in [2.24, 2.45) is 0 Å². The van der Waals surface area contributed by atoms with Crippen molar-refractivity contribution in [2.45, 2.75) is 54.0 Å². The van der Waals surface area contributed by atoms with Gasteiger partial charge in [0.2, 0.25) is 0 Å². The lowest BCUT2D eigenvalue weighted by Crippen LogP contribution is -2.22. The molecule has 3 nitrogen and oxygen atoms in total. The Morgan fingerprint density at radius 2 is 1.76 bits per heavy atom. The Hall–Kier alpha value is -1.90. The lowest BCUT2D eigenvalue weighted by molar-refractivity contribution is 0.103. The molecule has 0 aliphatic heterocycles. The number of ketones is 1. The van der Waals surface area contributed by atoms with Crippen LogP contribution in [0.4, 0.5) is 0 Å². The maximum absolute atomic E-state index is 12.9. The molecule has 2 aromatic heterocycles.